The largest absolute Gasteiger partial charge is 0.474 e. The summed E-state index contributed by atoms with van der Waals surface area (Å²) in [6.07, 6.45) is 2.20. The molecular weight excluding hydrogens is 559 g/mol. The van der Waals surface area contributed by atoms with Crippen LogP contribution in [-0.4, -0.2) is 62.4 Å². The highest BCUT2D eigenvalue weighted by molar-refractivity contribution is 7.48. The number of phosphoric ester groups is 1. The van der Waals surface area contributed by atoms with Crippen LogP contribution in [0.25, 0.3) is 10.8 Å². The predicted octanol–water partition coefficient (Wildman–Crippen LogP) is 6.11. The lowest BCUT2D eigenvalue weighted by Gasteiger charge is -2.28. The van der Waals surface area contributed by atoms with Gasteiger partial charge in [0, 0.05) is 39.3 Å². The second-order valence-corrected chi connectivity index (χ2v) is 11.0. The van der Waals surface area contributed by atoms with E-state index in [1.165, 1.54) is 31.3 Å². The van der Waals surface area contributed by atoms with Crippen LogP contribution in [0.2, 0.25) is 0 Å². The Morgan fingerprint density at radius 1 is 1.05 bits per heavy atom. The number of carbonyl (C=O) groups excluding carboxylic acids is 2. The number of halogens is 2. The van der Waals surface area contributed by atoms with Gasteiger partial charge in [-0.1, -0.05) is 36.4 Å². The first kappa shape index (κ1) is 32.1. The average molecular weight is 594 g/mol. The highest BCUT2D eigenvalue weighted by Crippen LogP contribution is 2.47. The molecule has 0 aliphatic carbocycles. The number of amides is 2. The Morgan fingerprint density at radius 2 is 1.78 bits per heavy atom. The number of aromatic nitrogens is 1. The lowest BCUT2D eigenvalue weighted by atomic mass is 10.1. The molecule has 13 heteroatoms. The van der Waals surface area contributed by atoms with E-state index >= 15 is 0 Å². The number of phosphoric acid groups is 1. The van der Waals surface area contributed by atoms with Crippen molar-refractivity contribution >= 4 is 36.4 Å². The smallest absolute Gasteiger partial charge is 0.447 e. The summed E-state index contributed by atoms with van der Waals surface area (Å²) in [6, 6.07) is 12.6. The second-order valence-electron chi connectivity index (χ2n) is 9.15. The summed E-state index contributed by atoms with van der Waals surface area (Å²) in [5.74, 6) is -1.98. The first-order chi connectivity index (χ1) is 19.7. The number of aryl methyl sites for hydroxylation is 1. The lowest BCUT2D eigenvalue weighted by Crippen LogP contribution is -2.41. The van der Waals surface area contributed by atoms with Crippen molar-refractivity contribution in [3.05, 3.63) is 71.9 Å². The molecule has 2 amide bonds. The zero-order valence-electron chi connectivity index (χ0n) is 23.2. The molecule has 3 aromatic rings. The molecule has 41 heavy (non-hydrogen) atoms. The lowest BCUT2D eigenvalue weighted by molar-refractivity contribution is -0.133. The third kappa shape index (κ3) is 9.57. The van der Waals surface area contributed by atoms with Crippen molar-refractivity contribution in [2.45, 2.75) is 38.1 Å². The molecule has 0 aliphatic heterocycles. The third-order valence-corrected chi connectivity index (χ3v) is 7.87. The number of likely N-dealkylation sites (N-methyl/N-ethyl adjacent to an activating group) is 1. The Morgan fingerprint density at radius 3 is 2.51 bits per heavy atom. The van der Waals surface area contributed by atoms with Gasteiger partial charge in [0.2, 0.25) is 5.91 Å². The molecule has 0 aliphatic rings. The maximum atomic E-state index is 14.0. The van der Waals surface area contributed by atoms with Crippen molar-refractivity contribution in [1.29, 1.82) is 0 Å². The van der Waals surface area contributed by atoms with Gasteiger partial charge in [-0.25, -0.2) is 23.1 Å². The maximum Gasteiger partial charge on any atom is 0.474 e. The number of anilines is 1. The van der Waals surface area contributed by atoms with Crippen molar-refractivity contribution < 1.29 is 41.2 Å². The minimum absolute atomic E-state index is 0.00558. The maximum absolute atomic E-state index is 14.0. The standard InChI is InChI=1S/C28H34F2N3O7P/c1-33(26(34)15-14-20-11-8-13-24(29)27(20)30)23(12-6-7-16-40-41(36,37-2)38-3)19-39-28(35)32-25-17-21-9-4-5-10-22(21)18-31-25/h4-5,8-11,13,17-18,23H,6-7,12,14-16,19H2,1-3H3,(H,31,32,35)/t23-/m1/s1. The monoisotopic (exact) mass is 593 g/mol. The van der Waals surface area contributed by atoms with E-state index in [-0.39, 0.29) is 37.5 Å². The minimum Gasteiger partial charge on any atom is -0.447 e. The van der Waals surface area contributed by atoms with Crippen LogP contribution in [0, 0.1) is 11.6 Å². The number of benzene rings is 2. The van der Waals surface area contributed by atoms with E-state index in [1.54, 1.807) is 19.3 Å². The normalized spacial score (nSPS) is 12.2. The van der Waals surface area contributed by atoms with Crippen molar-refractivity contribution in [2.24, 2.45) is 0 Å². The number of hydrogen-bond donors (Lipinski definition) is 1. The van der Waals surface area contributed by atoms with Gasteiger partial charge in [-0.2, -0.15) is 0 Å². The van der Waals surface area contributed by atoms with Gasteiger partial charge in [-0.15, -0.1) is 0 Å². The Balaban J connectivity index is 1.59. The summed E-state index contributed by atoms with van der Waals surface area (Å²) in [5.41, 5.74) is 0.0969. The number of hydrogen-bond acceptors (Lipinski definition) is 8. The highest BCUT2D eigenvalue weighted by atomic mass is 31.2. The molecule has 3 rings (SSSR count). The number of carbonyl (C=O) groups is 2. The van der Waals surface area contributed by atoms with Crippen LogP contribution in [0.4, 0.5) is 19.4 Å². The second kappa shape index (κ2) is 15.5. The summed E-state index contributed by atoms with van der Waals surface area (Å²) in [7, 11) is 0.380. The summed E-state index contributed by atoms with van der Waals surface area (Å²) in [4.78, 5) is 31.1. The van der Waals surface area contributed by atoms with Gasteiger partial charge in [0.1, 0.15) is 12.4 Å². The van der Waals surface area contributed by atoms with Crippen molar-refractivity contribution in [3.63, 3.8) is 0 Å². The van der Waals surface area contributed by atoms with Gasteiger partial charge in [0.25, 0.3) is 0 Å². The van der Waals surface area contributed by atoms with E-state index in [1.807, 2.05) is 24.3 Å². The zero-order chi connectivity index (χ0) is 29.8. The minimum atomic E-state index is -3.61. The third-order valence-electron chi connectivity index (χ3n) is 6.48. The quantitative estimate of drug-likeness (QED) is 0.166. The Bertz CT molecular complexity index is 1370. The SMILES string of the molecule is COP(=O)(OC)OCCCC[C@H](COC(=O)Nc1cc2ccccc2cn1)N(C)C(=O)CCc1cccc(F)c1F. The summed E-state index contributed by atoms with van der Waals surface area (Å²) >= 11 is 0. The molecule has 1 N–H and O–H groups in total. The number of nitrogens with zero attached hydrogens (tertiary/aromatic N) is 2. The van der Waals surface area contributed by atoms with Gasteiger partial charge >= 0.3 is 13.9 Å². The van der Waals surface area contributed by atoms with E-state index in [4.69, 9.17) is 18.3 Å². The molecule has 0 saturated carbocycles. The summed E-state index contributed by atoms with van der Waals surface area (Å²) in [6.45, 7) is -0.0529. The van der Waals surface area contributed by atoms with Crippen LogP contribution < -0.4 is 5.32 Å². The fraction of sp³-hybridized carbons (Fsp3) is 0.393. The fourth-order valence-corrected chi connectivity index (χ4v) is 4.77. The molecule has 0 saturated heterocycles. The van der Waals surface area contributed by atoms with Gasteiger partial charge in [-0.3, -0.25) is 23.7 Å². The van der Waals surface area contributed by atoms with Gasteiger partial charge in [0.05, 0.1) is 12.6 Å². The molecule has 0 radical (unpaired) electrons. The van der Waals surface area contributed by atoms with Crippen LogP contribution in [0.15, 0.2) is 54.7 Å². The van der Waals surface area contributed by atoms with E-state index in [2.05, 4.69) is 10.3 Å². The van der Waals surface area contributed by atoms with E-state index < -0.39 is 31.6 Å². The molecule has 10 nitrogen and oxygen atoms in total. The summed E-state index contributed by atoms with van der Waals surface area (Å²) < 4.78 is 59.7. The van der Waals surface area contributed by atoms with Gasteiger partial charge < -0.3 is 9.64 Å². The molecule has 1 heterocycles. The molecule has 1 aromatic heterocycles. The van der Waals surface area contributed by atoms with Crippen molar-refractivity contribution in [1.82, 2.24) is 9.88 Å². The molecule has 0 unspecified atom stereocenters. The molecule has 1 atom stereocenters. The molecule has 0 bridgehead atoms. The number of fused-ring (bicyclic) bond motifs is 1. The highest BCUT2D eigenvalue weighted by Gasteiger charge is 2.24. The number of nitrogens with one attached hydrogen (secondary N) is 1. The fourth-order valence-electron chi connectivity index (χ4n) is 4.05. The van der Waals surface area contributed by atoms with E-state index in [0.29, 0.717) is 25.1 Å². The van der Waals surface area contributed by atoms with Crippen LogP contribution >= 0.6 is 7.82 Å². The number of rotatable bonds is 15. The summed E-state index contributed by atoms with van der Waals surface area (Å²) in [5, 5.41) is 4.40. The Kier molecular flexibility index (Phi) is 12.2. The Hall–Kier alpha value is -3.44. The zero-order valence-corrected chi connectivity index (χ0v) is 24.1. The molecular formula is C28H34F2N3O7P. The average Bonchev–Trinajstić information content (AvgIpc) is 2.98. The van der Waals surface area contributed by atoms with Crippen LogP contribution in [0.5, 0.6) is 0 Å². The van der Waals surface area contributed by atoms with Crippen LogP contribution in [0.3, 0.4) is 0 Å². The van der Waals surface area contributed by atoms with E-state index in [0.717, 1.165) is 16.8 Å². The Labute approximate surface area is 237 Å². The van der Waals surface area contributed by atoms with Gasteiger partial charge in [0.15, 0.2) is 11.6 Å². The topological polar surface area (TPSA) is 116 Å². The van der Waals surface area contributed by atoms with Crippen LogP contribution in [0.1, 0.15) is 31.2 Å². The van der Waals surface area contributed by atoms with Crippen LogP contribution in [-0.2, 0) is 34.1 Å². The molecule has 0 fully saturated rings. The van der Waals surface area contributed by atoms with Crippen molar-refractivity contribution in [3.8, 4) is 0 Å². The van der Waals surface area contributed by atoms with Gasteiger partial charge in [-0.05, 0) is 48.8 Å². The predicted molar refractivity (Wildman–Crippen MR) is 149 cm³/mol. The first-order valence-corrected chi connectivity index (χ1v) is 14.4. The molecule has 222 valence electrons. The molecule has 2 aromatic carbocycles. The number of pyridine rings is 1. The molecule has 0 spiro atoms. The van der Waals surface area contributed by atoms with E-state index in [9.17, 15) is 22.9 Å². The first-order valence-electron chi connectivity index (χ1n) is 13.0. The number of ether oxygens (including phenoxy) is 1. The number of unbranched alkanes of at least 4 members (excludes halogenated alkanes) is 1. The van der Waals surface area contributed by atoms with Crippen molar-refractivity contribution in [2.75, 3.05) is 39.8 Å².